The summed E-state index contributed by atoms with van der Waals surface area (Å²) in [4.78, 5) is 13.4. The molecule has 0 saturated carbocycles. The van der Waals surface area contributed by atoms with Crippen molar-refractivity contribution < 1.29 is 14.3 Å². The van der Waals surface area contributed by atoms with Crippen molar-refractivity contribution in [2.45, 2.75) is 32.3 Å². The number of hydrogen-bond donors (Lipinski definition) is 0. The van der Waals surface area contributed by atoms with Gasteiger partial charge in [-0.1, -0.05) is 54.6 Å². The number of carbonyl (C=O) groups is 1. The number of benzene rings is 3. The molecule has 0 saturated heterocycles. The molecule has 0 bridgehead atoms. The zero-order valence-electron chi connectivity index (χ0n) is 18.2. The number of para-hydroxylation sites is 1. The molecule has 31 heavy (non-hydrogen) atoms. The Labute approximate surface area is 182 Å². The van der Waals surface area contributed by atoms with E-state index in [0.717, 1.165) is 33.5 Å². The lowest BCUT2D eigenvalue weighted by molar-refractivity contribution is 0.0547. The first kappa shape index (κ1) is 19.4. The lowest BCUT2D eigenvalue weighted by atomic mass is 9.88. The van der Waals surface area contributed by atoms with Gasteiger partial charge >= 0.3 is 6.09 Å². The minimum absolute atomic E-state index is 0.0330. The summed E-state index contributed by atoms with van der Waals surface area (Å²) in [5.74, 6) is 0.858. The Balaban J connectivity index is 1.81. The molecule has 4 aromatic rings. The summed E-state index contributed by atoms with van der Waals surface area (Å²) in [7, 11) is 1.67. The second-order valence-corrected chi connectivity index (χ2v) is 8.89. The first-order valence-electron chi connectivity index (χ1n) is 10.5. The van der Waals surface area contributed by atoms with E-state index >= 15 is 0 Å². The van der Waals surface area contributed by atoms with Crippen LogP contribution in [0.5, 0.6) is 5.75 Å². The van der Waals surface area contributed by atoms with Gasteiger partial charge in [-0.2, -0.15) is 0 Å². The summed E-state index contributed by atoms with van der Waals surface area (Å²) in [5.41, 5.74) is 5.79. The Morgan fingerprint density at radius 2 is 1.58 bits per heavy atom. The quantitative estimate of drug-likeness (QED) is 0.329. The summed E-state index contributed by atoms with van der Waals surface area (Å²) in [6.45, 7) is 5.68. The minimum Gasteiger partial charge on any atom is -0.497 e. The maximum Gasteiger partial charge on any atom is 0.419 e. The Hall–Kier alpha value is -3.53. The topological polar surface area (TPSA) is 40.5 Å². The van der Waals surface area contributed by atoms with Crippen molar-refractivity contribution in [3.05, 3.63) is 89.5 Å². The number of hydrogen-bond acceptors (Lipinski definition) is 3. The zero-order valence-corrected chi connectivity index (χ0v) is 18.2. The van der Waals surface area contributed by atoms with Crippen molar-refractivity contribution in [3.8, 4) is 17.0 Å². The highest BCUT2D eigenvalue weighted by Crippen LogP contribution is 2.52. The molecular formula is C27H25NO3. The van der Waals surface area contributed by atoms with E-state index in [1.165, 1.54) is 11.1 Å². The predicted octanol–water partition coefficient (Wildman–Crippen LogP) is 6.59. The highest BCUT2D eigenvalue weighted by Gasteiger charge is 2.37. The van der Waals surface area contributed by atoms with Gasteiger partial charge in [0.15, 0.2) is 0 Å². The van der Waals surface area contributed by atoms with Crippen molar-refractivity contribution in [1.29, 1.82) is 0 Å². The fourth-order valence-corrected chi connectivity index (χ4v) is 4.58. The van der Waals surface area contributed by atoms with Crippen LogP contribution in [0.1, 0.15) is 43.4 Å². The van der Waals surface area contributed by atoms with Crippen LogP contribution in [0, 0.1) is 0 Å². The van der Waals surface area contributed by atoms with Crippen molar-refractivity contribution in [3.63, 3.8) is 0 Å². The normalized spacial score (nSPS) is 14.9. The minimum atomic E-state index is -0.581. The summed E-state index contributed by atoms with van der Waals surface area (Å²) >= 11 is 0. The van der Waals surface area contributed by atoms with E-state index in [0.29, 0.717) is 0 Å². The monoisotopic (exact) mass is 411 g/mol. The smallest absolute Gasteiger partial charge is 0.419 e. The van der Waals surface area contributed by atoms with Gasteiger partial charge in [-0.15, -0.1) is 0 Å². The van der Waals surface area contributed by atoms with E-state index in [1.807, 2.05) is 57.2 Å². The third-order valence-electron chi connectivity index (χ3n) is 5.75. The van der Waals surface area contributed by atoms with Gasteiger partial charge in [-0.05, 0) is 55.7 Å². The molecule has 3 aromatic carbocycles. The lowest BCUT2D eigenvalue weighted by Gasteiger charge is -2.21. The van der Waals surface area contributed by atoms with Gasteiger partial charge in [0.25, 0.3) is 0 Å². The Morgan fingerprint density at radius 3 is 2.29 bits per heavy atom. The average molecular weight is 412 g/mol. The van der Waals surface area contributed by atoms with E-state index in [1.54, 1.807) is 11.7 Å². The van der Waals surface area contributed by atoms with Crippen molar-refractivity contribution in [2.24, 2.45) is 0 Å². The van der Waals surface area contributed by atoms with Crippen LogP contribution < -0.4 is 4.74 Å². The fraction of sp³-hybridized carbons (Fsp3) is 0.222. The van der Waals surface area contributed by atoms with Crippen LogP contribution in [0.15, 0.2) is 72.8 Å². The van der Waals surface area contributed by atoms with Crippen molar-refractivity contribution in [1.82, 2.24) is 4.57 Å². The van der Waals surface area contributed by atoms with Crippen LogP contribution in [-0.2, 0) is 4.74 Å². The van der Waals surface area contributed by atoms with Gasteiger partial charge in [0.2, 0.25) is 0 Å². The number of methoxy groups -OCH3 is 1. The summed E-state index contributed by atoms with van der Waals surface area (Å²) in [6.07, 6.45) is -0.352. The molecule has 4 nitrogen and oxygen atoms in total. The maximum absolute atomic E-state index is 13.4. The highest BCUT2D eigenvalue weighted by atomic mass is 16.6. The SMILES string of the molecule is COc1ccc([C@@H]2c3ccccc3-c3c2c2ccccc2n3C(=O)OC(C)(C)C)cc1. The van der Waals surface area contributed by atoms with Gasteiger partial charge in [0.05, 0.1) is 18.3 Å². The molecule has 5 rings (SSSR count). The predicted molar refractivity (Wildman–Crippen MR) is 123 cm³/mol. The number of fused-ring (bicyclic) bond motifs is 5. The first-order valence-corrected chi connectivity index (χ1v) is 10.5. The second-order valence-electron chi connectivity index (χ2n) is 8.89. The molecule has 1 aliphatic rings. The van der Waals surface area contributed by atoms with Crippen LogP contribution in [0.2, 0.25) is 0 Å². The molecule has 1 aromatic heterocycles. The summed E-state index contributed by atoms with van der Waals surface area (Å²) < 4.78 is 12.9. The zero-order chi connectivity index (χ0) is 21.8. The number of ether oxygens (including phenoxy) is 2. The third-order valence-corrected chi connectivity index (χ3v) is 5.75. The molecule has 1 heterocycles. The Bertz CT molecular complexity index is 1290. The number of rotatable bonds is 2. The van der Waals surface area contributed by atoms with Crippen LogP contribution >= 0.6 is 0 Å². The number of aromatic nitrogens is 1. The van der Waals surface area contributed by atoms with Gasteiger partial charge in [-0.25, -0.2) is 9.36 Å². The van der Waals surface area contributed by atoms with Crippen molar-refractivity contribution in [2.75, 3.05) is 7.11 Å². The molecule has 1 aliphatic carbocycles. The van der Waals surface area contributed by atoms with Gasteiger partial charge < -0.3 is 9.47 Å². The van der Waals surface area contributed by atoms with E-state index < -0.39 is 5.60 Å². The molecule has 0 aliphatic heterocycles. The van der Waals surface area contributed by atoms with Crippen LogP contribution in [0.4, 0.5) is 4.79 Å². The maximum atomic E-state index is 13.4. The molecular weight excluding hydrogens is 386 g/mol. The molecule has 0 spiro atoms. The highest BCUT2D eigenvalue weighted by molar-refractivity contribution is 6.03. The van der Waals surface area contributed by atoms with Gasteiger partial charge in [-0.3, -0.25) is 0 Å². The molecule has 4 heteroatoms. The Morgan fingerprint density at radius 1 is 0.903 bits per heavy atom. The van der Waals surface area contributed by atoms with Crippen LogP contribution in [0.3, 0.4) is 0 Å². The molecule has 0 amide bonds. The van der Waals surface area contributed by atoms with Crippen molar-refractivity contribution >= 4 is 17.0 Å². The molecule has 0 unspecified atom stereocenters. The van der Waals surface area contributed by atoms with E-state index in [-0.39, 0.29) is 12.0 Å². The lowest BCUT2D eigenvalue weighted by Crippen LogP contribution is -2.27. The molecule has 0 N–H and O–H groups in total. The number of nitrogens with zero attached hydrogens (tertiary/aromatic N) is 1. The average Bonchev–Trinajstić information content (AvgIpc) is 3.25. The van der Waals surface area contributed by atoms with Crippen LogP contribution in [-0.4, -0.2) is 23.4 Å². The summed E-state index contributed by atoms with van der Waals surface area (Å²) in [6, 6.07) is 24.6. The standard InChI is InChI=1S/C27H25NO3/c1-27(2,3)31-26(29)28-22-12-8-7-11-21(22)24-23(17-13-15-18(30-4)16-14-17)19-9-5-6-10-20(19)25(24)28/h5-16,23H,1-4H3/t23-/m1/s1. The third kappa shape index (κ3) is 3.10. The van der Waals surface area contributed by atoms with E-state index in [4.69, 9.17) is 9.47 Å². The Kier molecular flexibility index (Phi) is 4.40. The van der Waals surface area contributed by atoms with Gasteiger partial charge in [0.1, 0.15) is 11.4 Å². The summed E-state index contributed by atoms with van der Waals surface area (Å²) in [5, 5.41) is 1.07. The van der Waals surface area contributed by atoms with E-state index in [2.05, 4.69) is 36.4 Å². The first-order chi connectivity index (χ1) is 14.9. The molecule has 156 valence electrons. The fourth-order valence-electron chi connectivity index (χ4n) is 4.58. The van der Waals surface area contributed by atoms with Gasteiger partial charge in [0, 0.05) is 16.9 Å². The largest absolute Gasteiger partial charge is 0.497 e. The number of carbonyl (C=O) groups excluding carboxylic acids is 1. The second kappa shape index (κ2) is 7.02. The molecule has 0 fully saturated rings. The molecule has 0 radical (unpaired) electrons. The van der Waals surface area contributed by atoms with E-state index in [9.17, 15) is 4.79 Å². The molecule has 1 atom stereocenters. The van der Waals surface area contributed by atoms with Crippen LogP contribution in [0.25, 0.3) is 22.2 Å².